The van der Waals surface area contributed by atoms with Crippen LogP contribution in [0.1, 0.15) is 37.7 Å². The molecule has 2 N–H and O–H groups in total. The summed E-state index contributed by atoms with van der Waals surface area (Å²) in [4.78, 5) is 11.8. The second-order valence-electron chi connectivity index (χ2n) is 5.07. The summed E-state index contributed by atoms with van der Waals surface area (Å²) in [6.45, 7) is 1.09. The summed E-state index contributed by atoms with van der Waals surface area (Å²) in [5.74, 6) is 0.533. The standard InChI is InChI=1S/C15H21NO2/c17-14-7-4-12(5-8-14)11-15(18)9-6-13-3-1-2-10-16-13/h4-5,7-8,13,16-17H,1-3,6,9-11H2. The second-order valence-corrected chi connectivity index (χ2v) is 5.07. The van der Waals surface area contributed by atoms with Crippen LogP contribution < -0.4 is 5.32 Å². The molecule has 1 aromatic rings. The lowest BCUT2D eigenvalue weighted by atomic mass is 9.97. The maximum absolute atomic E-state index is 11.8. The molecule has 1 heterocycles. The Labute approximate surface area is 108 Å². The van der Waals surface area contributed by atoms with Gasteiger partial charge in [0.15, 0.2) is 0 Å². The van der Waals surface area contributed by atoms with E-state index in [9.17, 15) is 9.90 Å². The summed E-state index contributed by atoms with van der Waals surface area (Å²) in [6.07, 6.45) is 5.83. The number of carbonyl (C=O) groups is 1. The summed E-state index contributed by atoms with van der Waals surface area (Å²) < 4.78 is 0. The van der Waals surface area contributed by atoms with Crippen LogP contribution in [0.2, 0.25) is 0 Å². The SMILES string of the molecule is O=C(CCC1CCCCN1)Cc1ccc(O)cc1. The summed E-state index contributed by atoms with van der Waals surface area (Å²) in [5, 5.41) is 12.6. The maximum Gasteiger partial charge on any atom is 0.137 e. The molecule has 0 spiro atoms. The van der Waals surface area contributed by atoms with E-state index in [4.69, 9.17) is 0 Å². The molecule has 1 unspecified atom stereocenters. The van der Waals surface area contributed by atoms with Crippen LogP contribution >= 0.6 is 0 Å². The van der Waals surface area contributed by atoms with Crippen molar-refractivity contribution in [3.63, 3.8) is 0 Å². The molecular weight excluding hydrogens is 226 g/mol. The number of piperidine rings is 1. The third kappa shape index (κ3) is 4.15. The zero-order valence-corrected chi connectivity index (χ0v) is 10.7. The molecule has 18 heavy (non-hydrogen) atoms. The molecule has 0 radical (unpaired) electrons. The molecule has 1 fully saturated rings. The van der Waals surface area contributed by atoms with Crippen molar-refractivity contribution in [3.05, 3.63) is 29.8 Å². The van der Waals surface area contributed by atoms with Crippen LogP contribution in [0.4, 0.5) is 0 Å². The number of phenols is 1. The number of benzene rings is 1. The van der Waals surface area contributed by atoms with Crippen molar-refractivity contribution in [1.29, 1.82) is 0 Å². The molecule has 3 nitrogen and oxygen atoms in total. The highest BCUT2D eigenvalue weighted by Crippen LogP contribution is 2.14. The van der Waals surface area contributed by atoms with E-state index in [0.717, 1.165) is 18.5 Å². The molecule has 1 aliphatic rings. The summed E-state index contributed by atoms with van der Waals surface area (Å²) >= 11 is 0. The summed E-state index contributed by atoms with van der Waals surface area (Å²) in [6, 6.07) is 7.41. The van der Waals surface area contributed by atoms with Gasteiger partial charge in [0.1, 0.15) is 11.5 Å². The Morgan fingerprint density at radius 1 is 1.28 bits per heavy atom. The van der Waals surface area contributed by atoms with Gasteiger partial charge >= 0.3 is 0 Å². The number of aromatic hydroxyl groups is 1. The van der Waals surface area contributed by atoms with Gasteiger partial charge in [-0.05, 0) is 43.5 Å². The highest BCUT2D eigenvalue weighted by molar-refractivity contribution is 5.80. The largest absolute Gasteiger partial charge is 0.508 e. The van der Waals surface area contributed by atoms with Gasteiger partial charge in [-0.15, -0.1) is 0 Å². The Balaban J connectivity index is 1.73. The van der Waals surface area contributed by atoms with Crippen molar-refractivity contribution in [1.82, 2.24) is 5.32 Å². The Morgan fingerprint density at radius 3 is 2.72 bits per heavy atom. The predicted molar refractivity (Wildman–Crippen MR) is 71.7 cm³/mol. The Hall–Kier alpha value is -1.35. The van der Waals surface area contributed by atoms with Crippen molar-refractivity contribution >= 4 is 5.78 Å². The van der Waals surface area contributed by atoms with Gasteiger partial charge in [-0.3, -0.25) is 4.79 Å². The van der Waals surface area contributed by atoms with Gasteiger partial charge in [0.05, 0.1) is 0 Å². The normalized spacial score (nSPS) is 19.7. The molecule has 0 saturated carbocycles. The van der Waals surface area contributed by atoms with Crippen LogP contribution in [0.15, 0.2) is 24.3 Å². The molecule has 1 saturated heterocycles. The van der Waals surface area contributed by atoms with Crippen molar-refractivity contribution in [2.24, 2.45) is 0 Å². The van der Waals surface area contributed by atoms with Gasteiger partial charge in [-0.1, -0.05) is 18.6 Å². The number of hydrogen-bond acceptors (Lipinski definition) is 3. The number of hydrogen-bond donors (Lipinski definition) is 2. The molecule has 0 aliphatic carbocycles. The van der Waals surface area contributed by atoms with Gasteiger partial charge in [0.25, 0.3) is 0 Å². The van der Waals surface area contributed by atoms with Crippen LogP contribution in [0.3, 0.4) is 0 Å². The van der Waals surface area contributed by atoms with E-state index < -0.39 is 0 Å². The van der Waals surface area contributed by atoms with E-state index in [1.165, 1.54) is 19.3 Å². The molecule has 0 amide bonds. The molecule has 1 aliphatic heterocycles. The predicted octanol–water partition coefficient (Wildman–Crippen LogP) is 2.43. The van der Waals surface area contributed by atoms with E-state index >= 15 is 0 Å². The lowest BCUT2D eigenvalue weighted by Gasteiger charge is -2.22. The number of nitrogens with one attached hydrogen (secondary N) is 1. The lowest BCUT2D eigenvalue weighted by Crippen LogP contribution is -2.34. The smallest absolute Gasteiger partial charge is 0.137 e. The molecule has 98 valence electrons. The average molecular weight is 247 g/mol. The Morgan fingerprint density at radius 2 is 2.06 bits per heavy atom. The van der Waals surface area contributed by atoms with Gasteiger partial charge in [-0.25, -0.2) is 0 Å². The van der Waals surface area contributed by atoms with E-state index in [2.05, 4.69) is 5.32 Å². The fourth-order valence-electron chi connectivity index (χ4n) is 2.44. The minimum atomic E-state index is 0.248. The van der Waals surface area contributed by atoms with E-state index in [-0.39, 0.29) is 11.5 Å². The zero-order valence-electron chi connectivity index (χ0n) is 10.7. The van der Waals surface area contributed by atoms with Crippen molar-refractivity contribution in [3.8, 4) is 5.75 Å². The number of ketones is 1. The summed E-state index contributed by atoms with van der Waals surface area (Å²) in [7, 11) is 0. The first-order valence-corrected chi connectivity index (χ1v) is 6.77. The third-order valence-electron chi connectivity index (χ3n) is 3.52. The fraction of sp³-hybridized carbons (Fsp3) is 0.533. The van der Waals surface area contributed by atoms with Gasteiger partial charge in [0.2, 0.25) is 0 Å². The quantitative estimate of drug-likeness (QED) is 0.840. The van der Waals surface area contributed by atoms with Crippen molar-refractivity contribution < 1.29 is 9.90 Å². The monoisotopic (exact) mass is 247 g/mol. The molecule has 1 aromatic carbocycles. The van der Waals surface area contributed by atoms with Crippen LogP contribution in [0.5, 0.6) is 5.75 Å². The fourth-order valence-corrected chi connectivity index (χ4v) is 2.44. The molecule has 0 aromatic heterocycles. The second kappa shape index (κ2) is 6.55. The molecule has 1 atom stereocenters. The first kappa shape index (κ1) is 13.1. The molecule has 0 bridgehead atoms. The minimum absolute atomic E-state index is 0.248. The summed E-state index contributed by atoms with van der Waals surface area (Å²) in [5.41, 5.74) is 0.981. The molecule has 2 rings (SSSR count). The van der Waals surface area contributed by atoms with E-state index in [1.54, 1.807) is 12.1 Å². The maximum atomic E-state index is 11.8. The Bertz CT molecular complexity index is 380. The number of phenolic OH excluding ortho intramolecular Hbond substituents is 1. The lowest BCUT2D eigenvalue weighted by molar-refractivity contribution is -0.118. The van der Waals surface area contributed by atoms with Gasteiger partial charge in [-0.2, -0.15) is 0 Å². The van der Waals surface area contributed by atoms with Gasteiger partial charge in [0, 0.05) is 18.9 Å². The van der Waals surface area contributed by atoms with Crippen LogP contribution in [0.25, 0.3) is 0 Å². The average Bonchev–Trinajstić information content (AvgIpc) is 2.40. The molecule has 3 heteroatoms. The topological polar surface area (TPSA) is 49.3 Å². The number of rotatable bonds is 5. The minimum Gasteiger partial charge on any atom is -0.508 e. The van der Waals surface area contributed by atoms with Crippen LogP contribution in [-0.4, -0.2) is 23.5 Å². The highest BCUT2D eigenvalue weighted by atomic mass is 16.3. The Kier molecular flexibility index (Phi) is 4.76. The van der Waals surface area contributed by atoms with Gasteiger partial charge < -0.3 is 10.4 Å². The van der Waals surface area contributed by atoms with Crippen LogP contribution in [-0.2, 0) is 11.2 Å². The van der Waals surface area contributed by atoms with E-state index in [0.29, 0.717) is 18.9 Å². The van der Waals surface area contributed by atoms with E-state index in [1.807, 2.05) is 12.1 Å². The highest BCUT2D eigenvalue weighted by Gasteiger charge is 2.14. The van der Waals surface area contributed by atoms with Crippen LogP contribution in [0, 0.1) is 0 Å². The van der Waals surface area contributed by atoms with Crippen molar-refractivity contribution in [2.75, 3.05) is 6.54 Å². The first-order valence-electron chi connectivity index (χ1n) is 6.77. The van der Waals surface area contributed by atoms with Crippen molar-refractivity contribution in [2.45, 2.75) is 44.6 Å². The third-order valence-corrected chi connectivity index (χ3v) is 3.52. The first-order chi connectivity index (χ1) is 8.74. The number of Topliss-reactive ketones (excluding diaryl/α,β-unsaturated/α-hetero) is 1. The molecular formula is C15H21NO2. The number of carbonyl (C=O) groups excluding carboxylic acids is 1. The zero-order chi connectivity index (χ0) is 12.8.